The van der Waals surface area contributed by atoms with Crippen LogP contribution in [0.1, 0.15) is 92.7 Å². The summed E-state index contributed by atoms with van der Waals surface area (Å²) in [6, 6.07) is 5.53. The molecule has 0 radical (unpaired) electrons. The van der Waals surface area contributed by atoms with Crippen molar-refractivity contribution < 1.29 is 13.2 Å². The van der Waals surface area contributed by atoms with Gasteiger partial charge in [0.2, 0.25) is 0 Å². The zero-order valence-corrected chi connectivity index (χ0v) is 26.7. The molecule has 2 heterocycles. The van der Waals surface area contributed by atoms with Crippen LogP contribution in [0.3, 0.4) is 0 Å². The van der Waals surface area contributed by atoms with Gasteiger partial charge in [0.25, 0.3) is 0 Å². The fourth-order valence-electron chi connectivity index (χ4n) is 5.56. The molecule has 1 fully saturated rings. The van der Waals surface area contributed by atoms with Crippen molar-refractivity contribution >= 4 is 32.8 Å². The van der Waals surface area contributed by atoms with Crippen LogP contribution >= 0.6 is 11.3 Å². The van der Waals surface area contributed by atoms with Crippen molar-refractivity contribution in [2.75, 3.05) is 7.05 Å². The van der Waals surface area contributed by atoms with E-state index >= 15 is 0 Å². The summed E-state index contributed by atoms with van der Waals surface area (Å²) < 4.78 is 41.2. The van der Waals surface area contributed by atoms with Crippen molar-refractivity contribution in [3.8, 4) is 0 Å². The minimum absolute atomic E-state index is 0.0246. The topological polar surface area (TPSA) is 37.3 Å². The second-order valence-electron chi connectivity index (χ2n) is 10.8. The van der Waals surface area contributed by atoms with E-state index in [1.165, 1.54) is 37.3 Å². The van der Waals surface area contributed by atoms with Crippen molar-refractivity contribution in [2.24, 2.45) is 10.9 Å². The van der Waals surface area contributed by atoms with Crippen molar-refractivity contribution in [3.63, 3.8) is 0 Å². The molecule has 1 N–H and O–H groups in total. The van der Waals surface area contributed by atoms with Gasteiger partial charge < -0.3 is 5.32 Å². The number of allylic oxidation sites excluding steroid dienone is 6. The lowest BCUT2D eigenvalue weighted by Gasteiger charge is -2.45. The maximum atomic E-state index is 13.4. The summed E-state index contributed by atoms with van der Waals surface area (Å²) in [6.45, 7) is 23.2. The number of fused-ring (bicyclic) bond motifs is 1. The van der Waals surface area contributed by atoms with Crippen LogP contribution in [-0.4, -0.2) is 35.0 Å². The third-order valence-corrected chi connectivity index (χ3v) is 7.14. The Morgan fingerprint density at radius 1 is 1.03 bits per heavy atom. The van der Waals surface area contributed by atoms with Gasteiger partial charge in [-0.3, -0.25) is 4.99 Å². The van der Waals surface area contributed by atoms with Crippen molar-refractivity contribution in [3.05, 3.63) is 58.1 Å². The molecule has 3 nitrogen and oxygen atoms in total. The quantitative estimate of drug-likeness (QED) is 0.375. The van der Waals surface area contributed by atoms with Gasteiger partial charge in [-0.15, -0.1) is 11.3 Å². The molecule has 1 aliphatic heterocycles. The van der Waals surface area contributed by atoms with Crippen molar-refractivity contribution in [1.82, 2.24) is 10.3 Å². The van der Waals surface area contributed by atoms with Crippen LogP contribution in [0.15, 0.2) is 52.6 Å². The number of thiazole rings is 1. The van der Waals surface area contributed by atoms with E-state index in [0.717, 1.165) is 26.7 Å². The summed E-state index contributed by atoms with van der Waals surface area (Å²) in [4.78, 5) is 8.22. The van der Waals surface area contributed by atoms with E-state index in [1.807, 2.05) is 46.8 Å². The number of piperidine rings is 1. The smallest absolute Gasteiger partial charge is 0.307 e. The molecular weight excluding hydrogens is 515 g/mol. The second kappa shape index (κ2) is 14.4. The largest absolute Gasteiger partial charge is 0.418 e. The molecule has 1 aliphatic carbocycles. The highest BCUT2D eigenvalue weighted by Crippen LogP contribution is 2.37. The molecule has 0 bridgehead atoms. The first-order valence-electron chi connectivity index (χ1n) is 14.0. The average Bonchev–Trinajstić information content (AvgIpc) is 3.22. The maximum absolute atomic E-state index is 13.4. The highest BCUT2D eigenvalue weighted by Gasteiger charge is 2.39. The van der Waals surface area contributed by atoms with E-state index in [2.05, 4.69) is 49.9 Å². The number of nitrogens with one attached hydrogen (secondary N) is 1. The van der Waals surface area contributed by atoms with Gasteiger partial charge >= 0.3 is 6.18 Å². The number of aromatic nitrogens is 1. The Balaban J connectivity index is 0.000000425. The van der Waals surface area contributed by atoms with Crippen LogP contribution in [0.2, 0.25) is 0 Å². The van der Waals surface area contributed by atoms with E-state index in [0.29, 0.717) is 22.2 Å². The molecule has 218 valence electrons. The van der Waals surface area contributed by atoms with E-state index in [4.69, 9.17) is 0 Å². The first-order chi connectivity index (χ1) is 18.1. The summed E-state index contributed by atoms with van der Waals surface area (Å²) in [6.07, 6.45) is 2.72. The number of aryl methyl sites for hydroxylation is 1. The maximum Gasteiger partial charge on any atom is 0.418 e. The van der Waals surface area contributed by atoms with Crippen LogP contribution in [0.5, 0.6) is 0 Å². The van der Waals surface area contributed by atoms with Crippen LogP contribution < -0.4 is 5.32 Å². The summed E-state index contributed by atoms with van der Waals surface area (Å²) in [5, 5.41) is 4.59. The van der Waals surface area contributed by atoms with Gasteiger partial charge in [0, 0.05) is 18.1 Å². The molecule has 1 aromatic heterocycles. The van der Waals surface area contributed by atoms with Gasteiger partial charge in [0.1, 0.15) is 0 Å². The highest BCUT2D eigenvalue weighted by molar-refractivity contribution is 7.18. The molecule has 0 atom stereocenters. The molecule has 0 amide bonds. The zero-order chi connectivity index (χ0) is 30.2. The Morgan fingerprint density at radius 3 is 2.05 bits per heavy atom. The SMILES string of the molecule is C/C=C1/C=C(c2ccc3nc(C)sc3c2)C=C(C(F)(F)F)C1=NC.CC.CC.CC1CC(C)(C)NC(C)(C)C1. The predicted octanol–water partition coefficient (Wildman–Crippen LogP) is 10.1. The second-order valence-corrected chi connectivity index (χ2v) is 12.0. The summed E-state index contributed by atoms with van der Waals surface area (Å²) in [5.74, 6) is 0.862. The first kappa shape index (κ1) is 34.8. The summed E-state index contributed by atoms with van der Waals surface area (Å²) in [7, 11) is 1.38. The van der Waals surface area contributed by atoms with Gasteiger partial charge in [-0.1, -0.05) is 46.8 Å². The summed E-state index contributed by atoms with van der Waals surface area (Å²) >= 11 is 1.53. The number of nitrogens with zero attached hydrogens (tertiary/aromatic N) is 2. The Labute approximate surface area is 238 Å². The van der Waals surface area contributed by atoms with E-state index in [-0.39, 0.29) is 5.71 Å². The Kier molecular flexibility index (Phi) is 12.8. The molecule has 4 rings (SSSR count). The number of hydrogen-bond acceptors (Lipinski definition) is 4. The molecule has 0 unspecified atom stereocenters. The predicted molar refractivity (Wildman–Crippen MR) is 166 cm³/mol. The lowest BCUT2D eigenvalue weighted by molar-refractivity contribution is -0.0860. The van der Waals surface area contributed by atoms with E-state index < -0.39 is 11.7 Å². The van der Waals surface area contributed by atoms with Gasteiger partial charge in [-0.2, -0.15) is 13.2 Å². The zero-order valence-electron chi connectivity index (χ0n) is 25.9. The van der Waals surface area contributed by atoms with E-state index in [9.17, 15) is 13.2 Å². The number of rotatable bonds is 1. The third kappa shape index (κ3) is 9.71. The minimum atomic E-state index is -4.45. The Hall–Kier alpha value is -2.25. The molecule has 1 aromatic carbocycles. The lowest BCUT2D eigenvalue weighted by Crippen LogP contribution is -2.57. The fraction of sp³-hybridized carbons (Fsp3) is 0.562. The summed E-state index contributed by atoms with van der Waals surface area (Å²) in [5.41, 5.74) is 2.53. The minimum Gasteiger partial charge on any atom is -0.307 e. The van der Waals surface area contributed by atoms with Gasteiger partial charge in [0.15, 0.2) is 0 Å². The standard InChI is InChI=1S/C18H15F3N2S.C10H21N.2C2H6/c1-4-11-7-13(8-14(17(11)22-3)18(19,20)21)12-5-6-15-16(9-12)24-10(2)23-15;1-8-6-9(2,3)11-10(4,5)7-8;2*1-2/h4-9H,1-3H3;8,11H,6-7H2,1-5H3;2*1-2H3/b11-4-,22-17?;;;. The molecule has 0 spiro atoms. The average molecular weight is 564 g/mol. The molecule has 1 saturated heterocycles. The fourth-order valence-corrected chi connectivity index (χ4v) is 6.43. The number of aliphatic imine (C=N–C) groups is 1. The number of benzene rings is 1. The van der Waals surface area contributed by atoms with E-state index in [1.54, 1.807) is 25.1 Å². The molecule has 2 aromatic rings. The number of hydrogen-bond donors (Lipinski definition) is 1. The first-order valence-corrected chi connectivity index (χ1v) is 14.8. The molecule has 7 heteroatoms. The third-order valence-electron chi connectivity index (χ3n) is 6.20. The molecule has 2 aliphatic rings. The Morgan fingerprint density at radius 2 is 1.59 bits per heavy atom. The Bertz CT molecular complexity index is 1190. The monoisotopic (exact) mass is 563 g/mol. The molecule has 39 heavy (non-hydrogen) atoms. The molecule has 0 saturated carbocycles. The lowest BCUT2D eigenvalue weighted by atomic mass is 9.77. The van der Waals surface area contributed by atoms with Crippen LogP contribution in [-0.2, 0) is 0 Å². The van der Waals surface area contributed by atoms with Gasteiger partial charge in [-0.05, 0) is 101 Å². The number of halogens is 3. The molecular formula is C32H48F3N3S. The normalized spacial score (nSPS) is 20.6. The van der Waals surface area contributed by atoms with Crippen molar-refractivity contribution in [1.29, 1.82) is 0 Å². The van der Waals surface area contributed by atoms with Gasteiger partial charge in [-0.25, -0.2) is 4.98 Å². The van der Waals surface area contributed by atoms with Gasteiger partial charge in [0.05, 0.1) is 26.5 Å². The number of alkyl halides is 3. The van der Waals surface area contributed by atoms with Crippen molar-refractivity contribution in [2.45, 2.75) is 106 Å². The highest BCUT2D eigenvalue weighted by atomic mass is 32.1. The van der Waals surface area contributed by atoms with Crippen LogP contribution in [0.4, 0.5) is 13.2 Å². The van der Waals surface area contributed by atoms with Crippen LogP contribution in [0, 0.1) is 12.8 Å². The van der Waals surface area contributed by atoms with Crippen LogP contribution in [0.25, 0.3) is 15.8 Å².